The van der Waals surface area contributed by atoms with Gasteiger partial charge in [-0.1, -0.05) is 31.5 Å². The van der Waals surface area contributed by atoms with E-state index >= 15 is 0 Å². The van der Waals surface area contributed by atoms with Crippen LogP contribution in [0.2, 0.25) is 0 Å². The molecule has 0 bridgehead atoms. The molecule has 0 aromatic rings. The standard InChI is InChI=1S/C13H24N2S2/c1-17-13(12(14)16)7-9-15(10-8-13)11-5-3-2-4-6-11/h11H,2-10H2,1H3,(H2,14,16). The molecule has 2 nitrogen and oxygen atoms in total. The molecule has 0 spiro atoms. The number of nitrogens with two attached hydrogens (primary N) is 1. The summed E-state index contributed by atoms with van der Waals surface area (Å²) >= 11 is 7.12. The second kappa shape index (κ2) is 5.89. The third-order valence-electron chi connectivity index (χ3n) is 4.54. The fourth-order valence-electron chi connectivity index (χ4n) is 3.25. The van der Waals surface area contributed by atoms with E-state index < -0.39 is 0 Å². The summed E-state index contributed by atoms with van der Waals surface area (Å²) in [4.78, 5) is 3.40. The van der Waals surface area contributed by atoms with Crippen molar-refractivity contribution in [1.82, 2.24) is 4.90 Å². The molecule has 1 heterocycles. The Morgan fingerprint density at radius 3 is 2.29 bits per heavy atom. The van der Waals surface area contributed by atoms with Gasteiger partial charge in [-0.3, -0.25) is 0 Å². The molecule has 1 saturated carbocycles. The second-order valence-corrected chi connectivity index (χ2v) is 7.02. The zero-order valence-electron chi connectivity index (χ0n) is 10.8. The number of hydrogen-bond donors (Lipinski definition) is 1. The van der Waals surface area contributed by atoms with E-state index in [0.29, 0.717) is 4.99 Å². The molecule has 0 amide bonds. The van der Waals surface area contributed by atoms with Crippen LogP contribution in [0.15, 0.2) is 0 Å². The van der Waals surface area contributed by atoms with Gasteiger partial charge in [-0.2, -0.15) is 11.8 Å². The zero-order chi connectivity index (χ0) is 12.3. The van der Waals surface area contributed by atoms with Crippen LogP contribution in [0.4, 0.5) is 0 Å². The molecule has 2 fully saturated rings. The summed E-state index contributed by atoms with van der Waals surface area (Å²) in [5, 5.41) is 0. The van der Waals surface area contributed by atoms with E-state index in [9.17, 15) is 0 Å². The minimum absolute atomic E-state index is 0.0838. The van der Waals surface area contributed by atoms with Crippen molar-refractivity contribution in [3.8, 4) is 0 Å². The monoisotopic (exact) mass is 272 g/mol. The van der Waals surface area contributed by atoms with Crippen LogP contribution < -0.4 is 5.73 Å². The molecule has 0 atom stereocenters. The molecule has 4 heteroatoms. The van der Waals surface area contributed by atoms with Gasteiger partial charge in [-0.15, -0.1) is 0 Å². The van der Waals surface area contributed by atoms with Gasteiger partial charge in [-0.05, 0) is 31.9 Å². The topological polar surface area (TPSA) is 29.3 Å². The zero-order valence-corrected chi connectivity index (χ0v) is 12.4. The molecule has 0 aromatic carbocycles. The van der Waals surface area contributed by atoms with Crippen molar-refractivity contribution in [3.05, 3.63) is 0 Å². The lowest BCUT2D eigenvalue weighted by Crippen LogP contribution is -2.52. The van der Waals surface area contributed by atoms with Gasteiger partial charge in [-0.25, -0.2) is 0 Å². The van der Waals surface area contributed by atoms with Crippen molar-refractivity contribution in [2.75, 3.05) is 19.3 Å². The maximum Gasteiger partial charge on any atom is 0.0891 e. The van der Waals surface area contributed by atoms with Gasteiger partial charge in [0.15, 0.2) is 0 Å². The van der Waals surface area contributed by atoms with E-state index in [0.717, 1.165) is 18.9 Å². The van der Waals surface area contributed by atoms with Crippen molar-refractivity contribution >= 4 is 29.0 Å². The van der Waals surface area contributed by atoms with E-state index in [4.69, 9.17) is 18.0 Å². The number of thioether (sulfide) groups is 1. The van der Waals surface area contributed by atoms with Crippen molar-refractivity contribution in [2.24, 2.45) is 5.73 Å². The first-order valence-electron chi connectivity index (χ1n) is 6.77. The molecule has 1 saturated heterocycles. The molecule has 1 aliphatic carbocycles. The lowest BCUT2D eigenvalue weighted by Gasteiger charge is -2.44. The highest BCUT2D eigenvalue weighted by Gasteiger charge is 2.38. The number of hydrogen-bond acceptors (Lipinski definition) is 3. The minimum atomic E-state index is 0.0838. The molecule has 2 N–H and O–H groups in total. The SMILES string of the molecule is CSC1(C(N)=S)CCN(C2CCCCC2)CC1. The molecule has 0 aromatic heterocycles. The Bertz CT molecular complexity index is 267. The smallest absolute Gasteiger partial charge is 0.0891 e. The number of rotatable bonds is 3. The van der Waals surface area contributed by atoms with E-state index in [1.54, 1.807) is 0 Å². The summed E-state index contributed by atoms with van der Waals surface area (Å²) < 4.78 is 0.0838. The third-order valence-corrected chi connectivity index (χ3v) is 6.47. The lowest BCUT2D eigenvalue weighted by molar-refractivity contribution is 0.126. The fraction of sp³-hybridized carbons (Fsp3) is 0.923. The molecule has 1 aliphatic heterocycles. The minimum Gasteiger partial charge on any atom is -0.392 e. The first kappa shape index (κ1) is 13.6. The van der Waals surface area contributed by atoms with Gasteiger partial charge in [0.25, 0.3) is 0 Å². The molecule has 2 aliphatic rings. The van der Waals surface area contributed by atoms with Crippen LogP contribution in [0, 0.1) is 0 Å². The Morgan fingerprint density at radius 1 is 1.24 bits per heavy atom. The Balaban J connectivity index is 1.90. The average Bonchev–Trinajstić information content (AvgIpc) is 2.39. The van der Waals surface area contributed by atoms with Gasteiger partial charge in [0.2, 0.25) is 0 Å². The summed E-state index contributed by atoms with van der Waals surface area (Å²) in [5.41, 5.74) is 5.93. The van der Waals surface area contributed by atoms with Gasteiger partial charge in [0.1, 0.15) is 0 Å². The maximum atomic E-state index is 5.93. The maximum absolute atomic E-state index is 5.93. The largest absolute Gasteiger partial charge is 0.392 e. The van der Waals surface area contributed by atoms with E-state index in [2.05, 4.69) is 11.2 Å². The molecule has 0 radical (unpaired) electrons. The van der Waals surface area contributed by atoms with Crippen molar-refractivity contribution in [1.29, 1.82) is 0 Å². The Kier molecular flexibility index (Phi) is 4.72. The second-order valence-electron chi connectivity index (χ2n) is 5.39. The molecule has 17 heavy (non-hydrogen) atoms. The van der Waals surface area contributed by atoms with Gasteiger partial charge in [0.05, 0.1) is 9.74 Å². The number of thiocarbonyl (C=S) groups is 1. The third kappa shape index (κ3) is 2.96. The summed E-state index contributed by atoms with van der Waals surface area (Å²) in [6.07, 6.45) is 11.5. The predicted molar refractivity (Wildman–Crippen MR) is 80.7 cm³/mol. The first-order chi connectivity index (χ1) is 8.18. The Labute approximate surface area is 115 Å². The van der Waals surface area contributed by atoms with Crippen LogP contribution in [0.1, 0.15) is 44.9 Å². The highest BCUT2D eigenvalue weighted by Crippen LogP contribution is 2.36. The molecular formula is C13H24N2S2. The van der Waals surface area contributed by atoms with Crippen LogP contribution in [0.5, 0.6) is 0 Å². The molecular weight excluding hydrogens is 248 g/mol. The van der Waals surface area contributed by atoms with Gasteiger partial charge in [0, 0.05) is 19.1 Å². The number of likely N-dealkylation sites (tertiary alicyclic amines) is 1. The molecule has 0 unspecified atom stereocenters. The Hall–Kier alpha value is 0.200. The van der Waals surface area contributed by atoms with E-state index in [-0.39, 0.29) is 4.75 Å². The van der Waals surface area contributed by atoms with Crippen LogP contribution in [-0.4, -0.2) is 40.0 Å². The van der Waals surface area contributed by atoms with Crippen LogP contribution in [0.25, 0.3) is 0 Å². The van der Waals surface area contributed by atoms with Crippen LogP contribution in [-0.2, 0) is 0 Å². The van der Waals surface area contributed by atoms with Crippen molar-refractivity contribution < 1.29 is 0 Å². The summed E-state index contributed by atoms with van der Waals surface area (Å²) in [6.45, 7) is 2.37. The number of nitrogens with zero attached hydrogens (tertiary/aromatic N) is 1. The summed E-state index contributed by atoms with van der Waals surface area (Å²) in [7, 11) is 0. The van der Waals surface area contributed by atoms with Crippen LogP contribution in [0.3, 0.4) is 0 Å². The van der Waals surface area contributed by atoms with Crippen LogP contribution >= 0.6 is 24.0 Å². The summed E-state index contributed by atoms with van der Waals surface area (Å²) in [6, 6.07) is 0.843. The van der Waals surface area contributed by atoms with Gasteiger partial charge >= 0.3 is 0 Å². The predicted octanol–water partition coefficient (Wildman–Crippen LogP) is 2.80. The number of piperidine rings is 1. The quantitative estimate of drug-likeness (QED) is 0.800. The van der Waals surface area contributed by atoms with Crippen molar-refractivity contribution in [3.63, 3.8) is 0 Å². The lowest BCUT2D eigenvalue weighted by atomic mass is 9.89. The normalized spacial score (nSPS) is 26.9. The summed E-state index contributed by atoms with van der Waals surface area (Å²) in [5.74, 6) is 0. The van der Waals surface area contributed by atoms with E-state index in [1.165, 1.54) is 45.2 Å². The van der Waals surface area contributed by atoms with Crippen molar-refractivity contribution in [2.45, 2.75) is 55.7 Å². The Morgan fingerprint density at radius 2 is 1.82 bits per heavy atom. The molecule has 98 valence electrons. The average molecular weight is 272 g/mol. The first-order valence-corrected chi connectivity index (χ1v) is 8.40. The van der Waals surface area contributed by atoms with E-state index in [1.807, 2.05) is 11.8 Å². The van der Waals surface area contributed by atoms with Gasteiger partial charge < -0.3 is 10.6 Å². The highest BCUT2D eigenvalue weighted by molar-refractivity contribution is 8.02. The highest BCUT2D eigenvalue weighted by atomic mass is 32.2. The molecule has 2 rings (SSSR count). The fourth-order valence-corrected chi connectivity index (χ4v) is 4.49.